The third kappa shape index (κ3) is 159. The van der Waals surface area contributed by atoms with Crippen LogP contribution < -0.4 is 76.5 Å². The molecule has 0 rings (SSSR count). The molecule has 1 unspecified atom stereocenters. The van der Waals surface area contributed by atoms with Crippen molar-refractivity contribution in [3.8, 4) is 0 Å². The molecule has 0 radical (unpaired) electrons. The Morgan fingerprint density at radius 2 is 1.26 bits per heavy atom. The SMILES string of the molecule is CC(O)C(=O)O.O=S(=O)([O-])[O-].[Ca+2].[Cl-].[Na+].[Na+].[O-]B(O)O. The zero-order valence-corrected chi connectivity index (χ0v) is 18.2. The van der Waals surface area contributed by atoms with E-state index in [0.717, 1.165) is 0 Å². The third-order valence-corrected chi connectivity index (χ3v) is 0.357. The molecule has 0 bridgehead atoms. The minimum absolute atomic E-state index is 0. The maximum absolute atomic E-state index is 9.45. The smallest absolute Gasteiger partial charge is 1.00 e. The summed E-state index contributed by atoms with van der Waals surface area (Å²) in [7, 11) is -7.58. The van der Waals surface area contributed by atoms with Gasteiger partial charge in [0.25, 0.3) is 0 Å². The van der Waals surface area contributed by atoms with Crippen molar-refractivity contribution in [2.75, 3.05) is 0 Å². The largest absolute Gasteiger partial charge is 2.00 e. The van der Waals surface area contributed by atoms with Crippen LogP contribution in [0.4, 0.5) is 0 Å². The quantitative estimate of drug-likeness (QED) is 0.195. The van der Waals surface area contributed by atoms with Gasteiger partial charge in [-0.2, -0.15) is 0 Å². The predicted octanol–water partition coefficient (Wildman–Crippen LogP) is -13.9. The van der Waals surface area contributed by atoms with Crippen molar-refractivity contribution in [1.82, 2.24) is 0 Å². The molecule has 16 heteroatoms. The molecule has 0 aromatic rings. The molecule has 0 aliphatic rings. The van der Waals surface area contributed by atoms with Crippen molar-refractivity contribution in [2.45, 2.75) is 13.0 Å². The van der Waals surface area contributed by atoms with Gasteiger partial charge in [-0.25, -0.2) is 4.79 Å². The van der Waals surface area contributed by atoms with Crippen LogP contribution in [0.5, 0.6) is 0 Å². The van der Waals surface area contributed by atoms with Crippen LogP contribution in [0.25, 0.3) is 0 Å². The Morgan fingerprint density at radius 3 is 1.26 bits per heavy atom. The van der Waals surface area contributed by atoms with Crippen molar-refractivity contribution in [3.05, 3.63) is 0 Å². The van der Waals surface area contributed by atoms with Crippen molar-refractivity contribution < 1.29 is 119 Å². The van der Waals surface area contributed by atoms with Crippen LogP contribution in [0.3, 0.4) is 0 Å². The fourth-order valence-electron chi connectivity index (χ4n) is 0. The van der Waals surface area contributed by atoms with Gasteiger partial charge in [-0.1, -0.05) is 0 Å². The Balaban J connectivity index is -0.0000000209. The van der Waals surface area contributed by atoms with Crippen molar-refractivity contribution in [2.24, 2.45) is 0 Å². The molecule has 0 fully saturated rings. The van der Waals surface area contributed by atoms with E-state index in [-0.39, 0.29) is 109 Å². The topological polar surface area (TPSA) is 201 Å². The Hall–Kier alpha value is 2.79. The van der Waals surface area contributed by atoms with Crippen LogP contribution in [0, 0.1) is 0 Å². The van der Waals surface area contributed by atoms with Gasteiger partial charge in [-0.3, -0.25) is 8.42 Å². The van der Waals surface area contributed by atoms with Gasteiger partial charge in [0.2, 0.25) is 0 Å². The molecule has 4 N–H and O–H groups in total. The molecule has 0 aromatic heterocycles. The molecule has 0 saturated heterocycles. The summed E-state index contributed by atoms with van der Waals surface area (Å²) in [5.74, 6) is -1.19. The zero-order valence-electron chi connectivity index (χ0n) is 10.4. The maximum Gasteiger partial charge on any atom is 2.00 e. The van der Waals surface area contributed by atoms with E-state index in [0.29, 0.717) is 0 Å². The Morgan fingerprint density at radius 1 is 1.21 bits per heavy atom. The molecule has 0 heterocycles. The normalized spacial score (nSPS) is 8.79. The third-order valence-electron chi connectivity index (χ3n) is 0.357. The summed E-state index contributed by atoms with van der Waals surface area (Å²) in [5, 5.41) is 38.5. The van der Waals surface area contributed by atoms with Crippen LogP contribution in [-0.2, 0) is 15.2 Å². The van der Waals surface area contributed by atoms with E-state index in [1.165, 1.54) is 6.92 Å². The molecule has 1 atom stereocenters. The standard InChI is InChI=1S/C3H6O3.BH2O3.Ca.ClH.2Na.H2O4S/c1-2(4)3(5)6;2-1(3)4;;;;;1-5(2,3)4/h2,4H,1H3,(H,5,6);2-3H;;1H;;;(H2,1,2,3,4)/q;-1;+2;;2*+1;/p-3. The fourth-order valence-corrected chi connectivity index (χ4v) is 0. The number of hydrogen-bond acceptors (Lipinski definition) is 9. The Kier molecular flexibility index (Phi) is 58.3. The minimum Gasteiger partial charge on any atom is -1.00 e. The molecule has 19 heavy (non-hydrogen) atoms. The van der Waals surface area contributed by atoms with Crippen molar-refractivity contribution >= 4 is 61.4 Å². The molecule has 0 amide bonds. The number of aliphatic carboxylic acids is 1. The number of halogens is 1. The minimum atomic E-state index is -5.17. The number of aliphatic hydroxyl groups excluding tert-OH is 1. The van der Waals surface area contributed by atoms with Crippen molar-refractivity contribution in [3.63, 3.8) is 0 Å². The van der Waals surface area contributed by atoms with Crippen LogP contribution in [0.1, 0.15) is 6.92 Å². The van der Waals surface area contributed by atoms with E-state index < -0.39 is 29.8 Å². The summed E-state index contributed by atoms with van der Waals surface area (Å²) in [6, 6.07) is 0. The molecular weight excluding hydrogens is 360 g/mol. The second-order valence-corrected chi connectivity index (χ2v) is 2.57. The van der Waals surface area contributed by atoms with Crippen LogP contribution >= 0.6 is 0 Å². The molecule has 10 nitrogen and oxygen atoms in total. The zero-order chi connectivity index (χ0) is 13.2. The van der Waals surface area contributed by atoms with Gasteiger partial charge in [0.05, 0.1) is 0 Å². The van der Waals surface area contributed by atoms with Gasteiger partial charge < -0.3 is 46.8 Å². The van der Waals surface area contributed by atoms with E-state index in [1.807, 2.05) is 0 Å². The van der Waals surface area contributed by atoms with E-state index in [4.69, 9.17) is 42.8 Å². The van der Waals surface area contributed by atoms with E-state index in [1.54, 1.807) is 0 Å². The predicted molar refractivity (Wildman–Crippen MR) is 45.7 cm³/mol. The van der Waals surface area contributed by atoms with E-state index in [2.05, 4.69) is 0 Å². The summed E-state index contributed by atoms with van der Waals surface area (Å²) in [5.41, 5.74) is 0. The maximum atomic E-state index is 9.45. The second kappa shape index (κ2) is 25.7. The van der Waals surface area contributed by atoms with Gasteiger partial charge in [-0.15, -0.1) is 0 Å². The molecule has 0 saturated carbocycles. The average Bonchev–Trinajstić information content (AvgIpc) is 1.80. The van der Waals surface area contributed by atoms with Gasteiger partial charge in [0, 0.05) is 10.4 Å². The Bertz CT molecular complexity index is 253. The van der Waals surface area contributed by atoms with E-state index >= 15 is 0 Å². The van der Waals surface area contributed by atoms with Gasteiger partial charge in [0.15, 0.2) is 0 Å². The van der Waals surface area contributed by atoms with E-state index in [9.17, 15) is 4.79 Å². The van der Waals surface area contributed by atoms with Gasteiger partial charge in [-0.05, 0) is 6.92 Å². The van der Waals surface area contributed by atoms with Crippen LogP contribution in [-0.4, -0.2) is 94.9 Å². The number of hydrogen-bond donors (Lipinski definition) is 4. The fraction of sp³-hybridized carbons (Fsp3) is 0.667. The number of carboxylic acid groups (broad SMARTS) is 1. The summed E-state index contributed by atoms with van der Waals surface area (Å²) < 4.78 is 34.1. The first-order valence-electron chi connectivity index (χ1n) is 2.97. The van der Waals surface area contributed by atoms with Gasteiger partial charge >= 0.3 is 110 Å². The number of aliphatic hydroxyl groups is 1. The first-order chi connectivity index (χ1) is 6.37. The first-order valence-corrected chi connectivity index (χ1v) is 4.30. The number of carboxylic acids is 1. The molecular formula is C3H8BCaClNa2O10S. The van der Waals surface area contributed by atoms with Crippen LogP contribution in [0.15, 0.2) is 0 Å². The monoisotopic (exact) mass is 368 g/mol. The number of rotatable bonds is 1. The molecule has 0 aliphatic heterocycles. The summed E-state index contributed by atoms with van der Waals surface area (Å²) in [4.78, 5) is 9.45. The summed E-state index contributed by atoms with van der Waals surface area (Å²) >= 11 is 0. The summed E-state index contributed by atoms with van der Waals surface area (Å²) in [6.45, 7) is 1.20. The number of carbonyl (C=O) groups is 1. The first kappa shape index (κ1) is 43.1. The second-order valence-electron chi connectivity index (χ2n) is 1.75. The van der Waals surface area contributed by atoms with Crippen LogP contribution in [0.2, 0.25) is 0 Å². The molecule has 0 aromatic carbocycles. The summed E-state index contributed by atoms with van der Waals surface area (Å²) in [6.07, 6.45) is -1.23. The molecule has 100 valence electrons. The Labute approximate surface area is 190 Å². The molecule has 0 spiro atoms. The molecule has 0 aliphatic carbocycles. The van der Waals surface area contributed by atoms with Gasteiger partial charge in [0.1, 0.15) is 6.10 Å². The average molecular weight is 368 g/mol. The van der Waals surface area contributed by atoms with Crippen molar-refractivity contribution in [1.29, 1.82) is 0 Å².